The van der Waals surface area contributed by atoms with Crippen molar-refractivity contribution in [1.82, 2.24) is 0 Å². The van der Waals surface area contributed by atoms with Crippen LogP contribution in [0.25, 0.3) is 0 Å². The van der Waals surface area contributed by atoms with E-state index in [1.807, 2.05) is 0 Å². The zero-order valence-electron chi connectivity index (χ0n) is 6.18. The molecule has 1 aromatic carbocycles. The molecule has 4 heteroatoms. The number of carboxylic acids is 1. The molecule has 1 aromatic rings. The van der Waals surface area contributed by atoms with Crippen molar-refractivity contribution in [3.63, 3.8) is 0 Å². The van der Waals surface area contributed by atoms with Gasteiger partial charge in [-0.05, 0) is 5.56 Å². The molecule has 4 nitrogen and oxygen atoms in total. The molecule has 12 heavy (non-hydrogen) atoms. The zero-order chi connectivity index (χ0) is 8.27. The van der Waals surface area contributed by atoms with Gasteiger partial charge in [-0.15, -0.1) is 0 Å². The van der Waals surface area contributed by atoms with E-state index in [0.29, 0.717) is 5.56 Å². The zero-order valence-corrected chi connectivity index (χ0v) is 6.18. The summed E-state index contributed by atoms with van der Waals surface area (Å²) >= 11 is 0. The van der Waals surface area contributed by atoms with Gasteiger partial charge in [0.25, 0.3) is 0 Å². The second-order valence-corrected chi connectivity index (χ2v) is 2.15. The van der Waals surface area contributed by atoms with Gasteiger partial charge >= 0.3 is 5.97 Å². The van der Waals surface area contributed by atoms with E-state index in [9.17, 15) is 4.79 Å². The van der Waals surface area contributed by atoms with Crippen molar-refractivity contribution in [1.29, 1.82) is 0 Å². The monoisotopic (exact) mass is 168 g/mol. The van der Waals surface area contributed by atoms with Crippen LogP contribution in [0.1, 0.15) is 11.7 Å². The van der Waals surface area contributed by atoms with Crippen LogP contribution < -0.4 is 0 Å². The summed E-state index contributed by atoms with van der Waals surface area (Å²) in [4.78, 5) is 10.2. The Balaban J connectivity index is 0.00000121. The van der Waals surface area contributed by atoms with Gasteiger partial charge in [0.1, 0.15) is 0 Å². The lowest BCUT2D eigenvalue weighted by Gasteiger charge is -2.03. The topological polar surface area (TPSA) is 86.0 Å². The molecule has 0 spiro atoms. The fourth-order valence-electron chi connectivity index (χ4n) is 0.778. The number of benzene rings is 1. The highest BCUT2D eigenvalue weighted by Gasteiger charge is 2.14. The summed E-state index contributed by atoms with van der Waals surface area (Å²) < 4.78 is 0. The Bertz CT molecular complexity index is 244. The van der Waals surface area contributed by atoms with Crippen LogP contribution in [0, 0.1) is 0 Å². The number of hydrogen-bond acceptors (Lipinski definition) is 2. The average molecular weight is 168 g/mol. The summed E-state index contributed by atoms with van der Waals surface area (Å²) in [6.45, 7) is 0. The molecular formula is C8H8O4. The molecule has 0 saturated heterocycles. The molecule has 0 bridgehead atoms. The molecule has 0 fully saturated rings. The molecule has 2 radical (unpaired) electrons. The SMILES string of the molecule is O=C(O)[C@@H](O)c1ccccc1.[O]. The number of aliphatic carboxylic acids is 1. The molecule has 0 aliphatic heterocycles. The van der Waals surface area contributed by atoms with Crippen LogP contribution in [0.5, 0.6) is 0 Å². The molecule has 0 amide bonds. The largest absolute Gasteiger partial charge is 0.479 e. The third-order valence-corrected chi connectivity index (χ3v) is 1.35. The summed E-state index contributed by atoms with van der Waals surface area (Å²) in [5.74, 6) is -1.23. The number of hydrogen-bond donors (Lipinski definition) is 2. The molecule has 1 rings (SSSR count). The minimum atomic E-state index is -1.41. The Morgan fingerprint density at radius 3 is 2.17 bits per heavy atom. The Labute approximate surface area is 69.4 Å². The number of aliphatic hydroxyl groups excluding tert-OH is 1. The van der Waals surface area contributed by atoms with Crippen molar-refractivity contribution < 1.29 is 20.5 Å². The van der Waals surface area contributed by atoms with Gasteiger partial charge in [-0.25, -0.2) is 4.79 Å². The van der Waals surface area contributed by atoms with E-state index in [-0.39, 0.29) is 5.48 Å². The van der Waals surface area contributed by atoms with Gasteiger partial charge in [0.05, 0.1) is 0 Å². The maximum atomic E-state index is 10.2. The first-order valence-corrected chi connectivity index (χ1v) is 3.17. The average Bonchev–Trinajstić information content (AvgIpc) is 2.05. The fraction of sp³-hybridized carbons (Fsp3) is 0.125. The van der Waals surface area contributed by atoms with Crippen LogP contribution in [-0.2, 0) is 10.3 Å². The van der Waals surface area contributed by atoms with E-state index < -0.39 is 12.1 Å². The maximum absolute atomic E-state index is 10.2. The highest BCUT2D eigenvalue weighted by atomic mass is 16.4. The normalized spacial score (nSPS) is 11.4. The molecule has 0 aliphatic rings. The number of carbonyl (C=O) groups is 1. The Morgan fingerprint density at radius 1 is 1.25 bits per heavy atom. The molecule has 64 valence electrons. The minimum absolute atomic E-state index is 0. The summed E-state index contributed by atoms with van der Waals surface area (Å²) in [6.07, 6.45) is -1.41. The molecule has 1 atom stereocenters. The molecule has 0 aromatic heterocycles. The van der Waals surface area contributed by atoms with Gasteiger partial charge < -0.3 is 10.2 Å². The van der Waals surface area contributed by atoms with E-state index in [1.165, 1.54) is 0 Å². The second kappa shape index (κ2) is 4.48. The standard InChI is InChI=1S/C8H8O3.O/c9-7(8(10)11)6-4-2-1-3-5-6;/h1-5,7,9H,(H,10,11);/t7-;/m0./s1. The van der Waals surface area contributed by atoms with Crippen molar-refractivity contribution in [2.24, 2.45) is 0 Å². The van der Waals surface area contributed by atoms with E-state index in [2.05, 4.69) is 0 Å². The van der Waals surface area contributed by atoms with Crippen LogP contribution in [0.15, 0.2) is 30.3 Å². The van der Waals surface area contributed by atoms with Crippen LogP contribution in [0.2, 0.25) is 0 Å². The van der Waals surface area contributed by atoms with Gasteiger partial charge in [-0.2, -0.15) is 0 Å². The van der Waals surface area contributed by atoms with E-state index in [0.717, 1.165) is 0 Å². The van der Waals surface area contributed by atoms with Gasteiger partial charge in [0, 0.05) is 5.48 Å². The highest BCUT2D eigenvalue weighted by Crippen LogP contribution is 2.10. The quantitative estimate of drug-likeness (QED) is 0.680. The Morgan fingerprint density at radius 2 is 1.75 bits per heavy atom. The first kappa shape index (κ1) is 10.6. The molecular weight excluding hydrogens is 160 g/mol. The predicted molar refractivity (Wildman–Crippen MR) is 39.7 cm³/mol. The van der Waals surface area contributed by atoms with E-state index in [4.69, 9.17) is 10.2 Å². The van der Waals surface area contributed by atoms with Gasteiger partial charge in [0.2, 0.25) is 0 Å². The fourth-order valence-corrected chi connectivity index (χ4v) is 0.778. The van der Waals surface area contributed by atoms with Crippen LogP contribution in [0.4, 0.5) is 0 Å². The van der Waals surface area contributed by atoms with Gasteiger partial charge in [-0.1, -0.05) is 30.3 Å². The van der Waals surface area contributed by atoms with Gasteiger partial charge in [0.15, 0.2) is 6.10 Å². The first-order valence-electron chi connectivity index (χ1n) is 3.17. The summed E-state index contributed by atoms with van der Waals surface area (Å²) in [7, 11) is 0. The number of aliphatic hydroxyl groups is 1. The van der Waals surface area contributed by atoms with Crippen LogP contribution >= 0.6 is 0 Å². The summed E-state index contributed by atoms with van der Waals surface area (Å²) in [5.41, 5.74) is 0.403. The highest BCUT2D eigenvalue weighted by molar-refractivity contribution is 5.73. The minimum Gasteiger partial charge on any atom is -0.479 e. The third-order valence-electron chi connectivity index (χ3n) is 1.35. The third kappa shape index (κ3) is 2.34. The second-order valence-electron chi connectivity index (χ2n) is 2.15. The lowest BCUT2D eigenvalue weighted by atomic mass is 10.1. The van der Waals surface area contributed by atoms with Crippen molar-refractivity contribution in [3.8, 4) is 0 Å². The lowest BCUT2D eigenvalue weighted by Crippen LogP contribution is -2.09. The molecule has 0 aliphatic carbocycles. The number of carboxylic acid groups (broad SMARTS) is 1. The van der Waals surface area contributed by atoms with Crippen LogP contribution in [0.3, 0.4) is 0 Å². The molecule has 0 heterocycles. The van der Waals surface area contributed by atoms with Crippen molar-refractivity contribution in [3.05, 3.63) is 35.9 Å². The Kier molecular flexibility index (Phi) is 3.96. The summed E-state index contributed by atoms with van der Waals surface area (Å²) in [5, 5.41) is 17.4. The van der Waals surface area contributed by atoms with Crippen LogP contribution in [-0.4, -0.2) is 16.2 Å². The smallest absolute Gasteiger partial charge is 0.337 e. The first-order chi connectivity index (χ1) is 5.22. The van der Waals surface area contributed by atoms with Crippen molar-refractivity contribution in [2.75, 3.05) is 0 Å². The van der Waals surface area contributed by atoms with E-state index in [1.54, 1.807) is 30.3 Å². The van der Waals surface area contributed by atoms with Crippen molar-refractivity contribution >= 4 is 5.97 Å². The maximum Gasteiger partial charge on any atom is 0.337 e. The number of rotatable bonds is 2. The van der Waals surface area contributed by atoms with Gasteiger partial charge in [-0.3, -0.25) is 0 Å². The molecule has 2 N–H and O–H groups in total. The summed E-state index contributed by atoms with van der Waals surface area (Å²) in [6, 6.07) is 8.26. The molecule has 0 unspecified atom stereocenters. The Hall–Kier alpha value is -1.39. The predicted octanol–water partition coefficient (Wildman–Crippen LogP) is 0.686. The van der Waals surface area contributed by atoms with E-state index >= 15 is 0 Å². The lowest BCUT2D eigenvalue weighted by molar-refractivity contribution is -0.146. The molecule has 0 saturated carbocycles. The van der Waals surface area contributed by atoms with Crippen molar-refractivity contribution in [2.45, 2.75) is 6.10 Å².